The molecule has 2 aliphatic heterocycles. The molecule has 0 aromatic heterocycles. The van der Waals surface area contributed by atoms with E-state index in [-0.39, 0.29) is 36.1 Å². The molecule has 1 aliphatic carbocycles. The minimum atomic E-state index is -0.269. The van der Waals surface area contributed by atoms with Crippen LogP contribution in [0.1, 0.15) is 24.4 Å². The van der Waals surface area contributed by atoms with Crippen molar-refractivity contribution in [2.45, 2.75) is 37.1 Å². The molecule has 2 unspecified atom stereocenters. The van der Waals surface area contributed by atoms with E-state index in [4.69, 9.17) is 14.2 Å². The fraction of sp³-hybridized carbons (Fsp3) is 0.632. The Balaban J connectivity index is 1.37. The maximum atomic E-state index is 12.8. The summed E-state index contributed by atoms with van der Waals surface area (Å²) >= 11 is 0. The normalized spacial score (nSPS) is 35.6. The maximum absolute atomic E-state index is 12.8. The van der Waals surface area contributed by atoms with Crippen molar-refractivity contribution in [3.05, 3.63) is 29.8 Å². The second-order valence-electron chi connectivity index (χ2n) is 7.31. The average molecular weight is 361 g/mol. The van der Waals surface area contributed by atoms with Crippen molar-refractivity contribution in [3.8, 4) is 5.75 Å². The molecular weight excluding hydrogens is 334 g/mol. The number of hydrogen-bond acceptors (Lipinski definition) is 6. The lowest BCUT2D eigenvalue weighted by Gasteiger charge is -2.47. The molecule has 142 valence electrons. The average Bonchev–Trinajstić information content (AvgIpc) is 3.32. The lowest BCUT2D eigenvalue weighted by molar-refractivity contribution is -0.131. The highest BCUT2D eigenvalue weighted by molar-refractivity contribution is 5.82. The molecule has 2 saturated heterocycles. The Hall–Kier alpha value is -1.67. The Morgan fingerprint density at radius 1 is 1.31 bits per heavy atom. The summed E-state index contributed by atoms with van der Waals surface area (Å²) in [6, 6.07) is 7.81. The number of hydrazine groups is 1. The van der Waals surface area contributed by atoms with Crippen molar-refractivity contribution >= 4 is 5.91 Å². The Kier molecular flexibility index (Phi) is 5.13. The highest BCUT2D eigenvalue weighted by atomic mass is 16.5. The van der Waals surface area contributed by atoms with Crippen molar-refractivity contribution in [3.63, 3.8) is 0 Å². The summed E-state index contributed by atoms with van der Waals surface area (Å²) < 4.78 is 16.5. The first-order valence-electron chi connectivity index (χ1n) is 9.27. The molecule has 4 rings (SSSR count). The van der Waals surface area contributed by atoms with Gasteiger partial charge in [0.15, 0.2) is 0 Å². The van der Waals surface area contributed by atoms with Crippen LogP contribution in [0.4, 0.5) is 0 Å². The van der Waals surface area contributed by atoms with Crippen LogP contribution in [0.25, 0.3) is 0 Å². The number of rotatable bonds is 6. The van der Waals surface area contributed by atoms with Gasteiger partial charge in [-0.05, 0) is 18.9 Å². The molecule has 3 fully saturated rings. The van der Waals surface area contributed by atoms with Gasteiger partial charge in [-0.15, -0.1) is 0 Å². The third-order valence-electron chi connectivity index (χ3n) is 5.93. The number of carbonyl (C=O) groups excluding carboxylic acids is 1. The van der Waals surface area contributed by atoms with Crippen molar-refractivity contribution in [1.29, 1.82) is 0 Å². The Bertz CT molecular complexity index is 655. The molecule has 7 nitrogen and oxygen atoms in total. The van der Waals surface area contributed by atoms with Crippen LogP contribution in [-0.2, 0) is 14.3 Å². The molecule has 3 N–H and O–H groups in total. The number of amides is 1. The third kappa shape index (κ3) is 3.09. The summed E-state index contributed by atoms with van der Waals surface area (Å²) in [5.74, 6) is 1.53. The molecule has 1 aromatic rings. The van der Waals surface area contributed by atoms with Gasteiger partial charge in [0, 0.05) is 37.2 Å². The summed E-state index contributed by atoms with van der Waals surface area (Å²) in [5.41, 5.74) is 7.42. The van der Waals surface area contributed by atoms with Gasteiger partial charge in [0.05, 0.1) is 25.9 Å². The summed E-state index contributed by atoms with van der Waals surface area (Å²) in [5, 5.41) is 3.23. The molecule has 0 radical (unpaired) electrons. The number of carbonyl (C=O) groups is 1. The summed E-state index contributed by atoms with van der Waals surface area (Å²) in [6.07, 6.45) is 1.92. The van der Waals surface area contributed by atoms with Gasteiger partial charge >= 0.3 is 0 Å². The topological polar surface area (TPSA) is 80.9 Å². The molecule has 3 aliphatic rings. The minimum absolute atomic E-state index is 0.0337. The summed E-state index contributed by atoms with van der Waals surface area (Å²) in [6.45, 7) is 1.40. The smallest absolute Gasteiger partial charge is 0.238 e. The molecule has 1 amide bonds. The van der Waals surface area contributed by atoms with E-state index in [1.165, 1.54) is 0 Å². The number of hydrogen-bond donors (Lipinski definition) is 3. The van der Waals surface area contributed by atoms with Crippen molar-refractivity contribution < 1.29 is 19.0 Å². The Morgan fingerprint density at radius 2 is 2.15 bits per heavy atom. The van der Waals surface area contributed by atoms with E-state index in [2.05, 4.69) is 16.2 Å². The van der Waals surface area contributed by atoms with Crippen LogP contribution >= 0.6 is 0 Å². The molecule has 0 spiro atoms. The van der Waals surface area contributed by atoms with Crippen LogP contribution < -0.4 is 20.9 Å². The highest BCUT2D eigenvalue weighted by Gasteiger charge is 2.54. The Morgan fingerprint density at radius 3 is 2.96 bits per heavy atom. The SMILES string of the molecule is COC[C@H]1[C@@H](NC(=O)C2CC(c3ccccc3OC)NN2)[C@H]2CCO[C@H]21. The van der Waals surface area contributed by atoms with Gasteiger partial charge in [0.25, 0.3) is 0 Å². The second-order valence-corrected chi connectivity index (χ2v) is 7.31. The van der Waals surface area contributed by atoms with Crippen LogP contribution in [0.15, 0.2) is 24.3 Å². The van der Waals surface area contributed by atoms with Gasteiger partial charge in [-0.3, -0.25) is 4.79 Å². The summed E-state index contributed by atoms with van der Waals surface area (Å²) in [4.78, 5) is 12.8. The van der Waals surface area contributed by atoms with Crippen LogP contribution in [0, 0.1) is 11.8 Å². The zero-order valence-corrected chi connectivity index (χ0v) is 15.2. The highest BCUT2D eigenvalue weighted by Crippen LogP contribution is 2.44. The number of para-hydroxylation sites is 1. The van der Waals surface area contributed by atoms with Gasteiger partial charge in [-0.1, -0.05) is 18.2 Å². The maximum Gasteiger partial charge on any atom is 0.238 e. The largest absolute Gasteiger partial charge is 0.496 e. The first kappa shape index (κ1) is 17.7. The number of benzene rings is 1. The van der Waals surface area contributed by atoms with E-state index >= 15 is 0 Å². The number of nitrogens with one attached hydrogen (secondary N) is 3. The first-order chi connectivity index (χ1) is 12.7. The molecule has 26 heavy (non-hydrogen) atoms. The summed E-state index contributed by atoms with van der Waals surface area (Å²) in [7, 11) is 3.36. The van der Waals surface area contributed by atoms with E-state index in [9.17, 15) is 4.79 Å². The van der Waals surface area contributed by atoms with Crippen molar-refractivity contribution in [2.24, 2.45) is 11.8 Å². The number of fused-ring (bicyclic) bond motifs is 1. The van der Waals surface area contributed by atoms with E-state index in [0.717, 1.165) is 24.3 Å². The fourth-order valence-corrected chi connectivity index (χ4v) is 4.59. The van der Waals surface area contributed by atoms with E-state index in [0.29, 0.717) is 18.9 Å². The van der Waals surface area contributed by atoms with Crippen molar-refractivity contribution in [2.75, 3.05) is 27.4 Å². The van der Waals surface area contributed by atoms with Crippen LogP contribution in [0.3, 0.4) is 0 Å². The van der Waals surface area contributed by atoms with E-state index in [1.54, 1.807) is 14.2 Å². The quantitative estimate of drug-likeness (QED) is 0.694. The van der Waals surface area contributed by atoms with Crippen LogP contribution in [0.2, 0.25) is 0 Å². The predicted octanol–water partition coefficient (Wildman–Crippen LogP) is 0.769. The standard InChI is InChI=1S/C19H27N3O4/c1-24-10-13-17(12-7-8-26-18(12)13)20-19(23)15-9-14(21-22-15)11-5-3-4-6-16(11)25-2/h3-6,12-15,17-18,21-22H,7-10H2,1-2H3,(H,20,23)/t12-,13+,14?,15?,17+,18-/m1/s1. The molecular formula is C19H27N3O4. The molecule has 6 atom stereocenters. The molecule has 0 bridgehead atoms. The molecule has 1 saturated carbocycles. The van der Waals surface area contributed by atoms with Crippen LogP contribution in [0.5, 0.6) is 5.75 Å². The van der Waals surface area contributed by atoms with Crippen molar-refractivity contribution in [1.82, 2.24) is 16.2 Å². The zero-order valence-electron chi connectivity index (χ0n) is 15.2. The van der Waals surface area contributed by atoms with Gasteiger partial charge in [-0.2, -0.15) is 0 Å². The number of ether oxygens (including phenoxy) is 3. The van der Waals surface area contributed by atoms with E-state index in [1.807, 2.05) is 24.3 Å². The molecule has 1 aromatic carbocycles. The Labute approximate surface area is 153 Å². The minimum Gasteiger partial charge on any atom is -0.496 e. The van der Waals surface area contributed by atoms with Gasteiger partial charge in [0.1, 0.15) is 11.8 Å². The fourth-order valence-electron chi connectivity index (χ4n) is 4.59. The predicted molar refractivity (Wildman–Crippen MR) is 95.6 cm³/mol. The van der Waals surface area contributed by atoms with Gasteiger partial charge in [-0.25, -0.2) is 10.9 Å². The first-order valence-corrected chi connectivity index (χ1v) is 9.27. The lowest BCUT2D eigenvalue weighted by Crippen LogP contribution is -2.64. The monoisotopic (exact) mass is 361 g/mol. The van der Waals surface area contributed by atoms with E-state index < -0.39 is 0 Å². The lowest BCUT2D eigenvalue weighted by atomic mass is 9.67. The van der Waals surface area contributed by atoms with Gasteiger partial charge in [0.2, 0.25) is 5.91 Å². The second kappa shape index (κ2) is 7.52. The number of methoxy groups -OCH3 is 2. The third-order valence-corrected chi connectivity index (χ3v) is 5.93. The van der Waals surface area contributed by atoms with Gasteiger partial charge < -0.3 is 19.5 Å². The van der Waals surface area contributed by atoms with Crippen LogP contribution in [-0.4, -0.2) is 51.5 Å². The molecule has 2 heterocycles. The zero-order chi connectivity index (χ0) is 18.1. The molecule has 7 heteroatoms.